The van der Waals surface area contributed by atoms with Crippen molar-refractivity contribution >= 4 is 22.9 Å². The number of benzene rings is 1. The van der Waals surface area contributed by atoms with Crippen molar-refractivity contribution in [3.8, 4) is 0 Å². The molecule has 148 valence electrons. The zero-order chi connectivity index (χ0) is 20.1. The van der Waals surface area contributed by atoms with Gasteiger partial charge in [0.15, 0.2) is 0 Å². The van der Waals surface area contributed by atoms with E-state index >= 15 is 0 Å². The number of hydrogen-bond donors (Lipinski definition) is 1. The Bertz CT molecular complexity index is 1140. The number of aromatic carboxylic acids is 1. The molecule has 1 saturated carbocycles. The van der Waals surface area contributed by atoms with Gasteiger partial charge in [0.05, 0.1) is 46.5 Å². The number of carbonyl (C=O) groups excluding carboxylic acids is 1. The molecular formula is C22H22N4O3. The van der Waals surface area contributed by atoms with Gasteiger partial charge in [0, 0.05) is 6.20 Å². The van der Waals surface area contributed by atoms with Gasteiger partial charge in [0.1, 0.15) is 5.82 Å². The number of nitrogens with zero attached hydrogens (tertiary/aromatic N) is 4. The third-order valence-corrected chi connectivity index (χ3v) is 6.23. The maximum absolute atomic E-state index is 13.2. The average molecular weight is 390 g/mol. The highest BCUT2D eigenvalue weighted by Gasteiger charge is 2.40. The van der Waals surface area contributed by atoms with Crippen LogP contribution in [0.2, 0.25) is 0 Å². The molecule has 1 aliphatic heterocycles. The number of aromatic nitrogens is 3. The van der Waals surface area contributed by atoms with Crippen LogP contribution in [-0.4, -0.2) is 42.5 Å². The summed E-state index contributed by atoms with van der Waals surface area (Å²) in [6.45, 7) is 2.45. The van der Waals surface area contributed by atoms with E-state index in [0.29, 0.717) is 17.8 Å². The molecular weight excluding hydrogens is 368 g/mol. The van der Waals surface area contributed by atoms with Crippen LogP contribution >= 0.6 is 0 Å². The van der Waals surface area contributed by atoms with Crippen molar-refractivity contribution < 1.29 is 14.7 Å². The maximum atomic E-state index is 13.2. The Hall–Kier alpha value is -3.22. The van der Waals surface area contributed by atoms with Gasteiger partial charge in [-0.05, 0) is 38.0 Å². The number of carbonyl (C=O) groups is 2. The van der Waals surface area contributed by atoms with Crippen molar-refractivity contribution in [2.75, 3.05) is 0 Å². The van der Waals surface area contributed by atoms with E-state index in [1.807, 2.05) is 30.0 Å². The zero-order valence-electron chi connectivity index (χ0n) is 16.2. The molecule has 0 saturated heterocycles. The molecule has 5 rings (SSSR count). The molecule has 0 bridgehead atoms. The Morgan fingerprint density at radius 3 is 2.72 bits per heavy atom. The number of aryl methyl sites for hydroxylation is 1. The van der Waals surface area contributed by atoms with Gasteiger partial charge in [-0.25, -0.2) is 9.78 Å². The number of carboxylic acid groups (broad SMARTS) is 1. The van der Waals surface area contributed by atoms with E-state index in [9.17, 15) is 14.7 Å². The molecule has 2 aromatic heterocycles. The van der Waals surface area contributed by atoms with Crippen LogP contribution in [0, 0.1) is 6.92 Å². The molecule has 2 aliphatic rings. The van der Waals surface area contributed by atoms with Gasteiger partial charge in [-0.1, -0.05) is 25.0 Å². The SMILES string of the molecule is Cc1nc2ccccc2n1[C@@H]1CCCC[C@H]1N1Cc2ncc(C(=O)O)cc2C1=O. The zero-order valence-corrected chi connectivity index (χ0v) is 16.2. The fourth-order valence-corrected chi connectivity index (χ4v) is 4.92. The highest BCUT2D eigenvalue weighted by atomic mass is 16.4. The van der Waals surface area contributed by atoms with Gasteiger partial charge >= 0.3 is 5.97 Å². The number of hydrogen-bond acceptors (Lipinski definition) is 4. The lowest BCUT2D eigenvalue weighted by atomic mass is 9.88. The molecule has 0 spiro atoms. The molecule has 1 N–H and O–H groups in total. The summed E-state index contributed by atoms with van der Waals surface area (Å²) < 4.78 is 2.28. The molecule has 1 aliphatic carbocycles. The summed E-state index contributed by atoms with van der Waals surface area (Å²) in [5, 5.41) is 9.24. The molecule has 1 aromatic carbocycles. The van der Waals surface area contributed by atoms with Crippen molar-refractivity contribution in [2.24, 2.45) is 0 Å². The molecule has 0 unspecified atom stereocenters. The second kappa shape index (κ2) is 6.69. The predicted octanol–water partition coefficient (Wildman–Crippen LogP) is 3.58. The molecule has 29 heavy (non-hydrogen) atoms. The molecule has 7 heteroatoms. The van der Waals surface area contributed by atoms with Gasteiger partial charge < -0.3 is 14.6 Å². The van der Waals surface area contributed by atoms with Crippen LogP contribution in [0.5, 0.6) is 0 Å². The molecule has 2 atom stereocenters. The highest BCUT2D eigenvalue weighted by Crippen LogP contribution is 2.38. The first-order valence-electron chi connectivity index (χ1n) is 10.0. The third kappa shape index (κ3) is 2.80. The first-order chi connectivity index (χ1) is 14.0. The molecule has 1 fully saturated rings. The summed E-state index contributed by atoms with van der Waals surface area (Å²) in [5.74, 6) is -0.226. The number of carboxylic acids is 1. The Balaban J connectivity index is 1.53. The van der Waals surface area contributed by atoms with Crippen molar-refractivity contribution in [3.63, 3.8) is 0 Å². The van der Waals surface area contributed by atoms with Crippen LogP contribution in [-0.2, 0) is 6.54 Å². The number of pyridine rings is 1. The standard InChI is InChI=1S/C22H22N4O3/c1-13-24-16-6-2-3-7-18(16)26(13)20-9-5-4-8-19(20)25-12-17-15(21(25)27)10-14(11-23-17)22(28)29/h2-3,6-7,10-11,19-20H,4-5,8-9,12H2,1H3,(H,28,29)/t19-,20-/m1/s1. The van der Waals surface area contributed by atoms with Gasteiger partial charge in [0.2, 0.25) is 0 Å². The number of fused-ring (bicyclic) bond motifs is 2. The van der Waals surface area contributed by atoms with E-state index in [4.69, 9.17) is 4.98 Å². The molecule has 7 nitrogen and oxygen atoms in total. The summed E-state index contributed by atoms with van der Waals surface area (Å²) in [6.07, 6.45) is 5.43. The number of imidazole rings is 1. The fourth-order valence-electron chi connectivity index (χ4n) is 4.92. The summed E-state index contributed by atoms with van der Waals surface area (Å²) in [4.78, 5) is 35.4. The van der Waals surface area contributed by atoms with Gasteiger partial charge in [0.25, 0.3) is 5.91 Å². The van der Waals surface area contributed by atoms with Crippen LogP contribution in [0.15, 0.2) is 36.5 Å². The first kappa shape index (κ1) is 17.8. The Morgan fingerprint density at radius 1 is 1.17 bits per heavy atom. The lowest BCUT2D eigenvalue weighted by Gasteiger charge is -2.39. The van der Waals surface area contributed by atoms with Gasteiger partial charge in [-0.3, -0.25) is 9.78 Å². The van der Waals surface area contributed by atoms with E-state index < -0.39 is 5.97 Å². The van der Waals surface area contributed by atoms with E-state index in [1.165, 1.54) is 12.3 Å². The van der Waals surface area contributed by atoms with Crippen LogP contribution in [0.1, 0.15) is 64.0 Å². The number of para-hydroxylation sites is 2. The van der Waals surface area contributed by atoms with E-state index in [0.717, 1.165) is 42.5 Å². The molecule has 3 aromatic rings. The van der Waals surface area contributed by atoms with E-state index in [1.54, 1.807) is 0 Å². The predicted molar refractivity (Wildman–Crippen MR) is 107 cm³/mol. The quantitative estimate of drug-likeness (QED) is 0.738. The monoisotopic (exact) mass is 390 g/mol. The van der Waals surface area contributed by atoms with Crippen LogP contribution < -0.4 is 0 Å². The maximum Gasteiger partial charge on any atom is 0.337 e. The first-order valence-corrected chi connectivity index (χ1v) is 10.0. The fraction of sp³-hybridized carbons (Fsp3) is 0.364. The van der Waals surface area contributed by atoms with Crippen molar-refractivity contribution in [2.45, 2.75) is 51.2 Å². The van der Waals surface area contributed by atoms with Crippen molar-refractivity contribution in [3.05, 3.63) is 59.2 Å². The summed E-state index contributed by atoms with van der Waals surface area (Å²) in [6, 6.07) is 9.76. The average Bonchev–Trinajstić information content (AvgIpc) is 3.23. The minimum absolute atomic E-state index is 0.0371. The Kier molecular flexibility index (Phi) is 4.12. The number of amides is 1. The van der Waals surface area contributed by atoms with Crippen molar-refractivity contribution in [1.82, 2.24) is 19.4 Å². The summed E-state index contributed by atoms with van der Waals surface area (Å²) >= 11 is 0. The lowest BCUT2D eigenvalue weighted by Crippen LogP contribution is -2.43. The van der Waals surface area contributed by atoms with E-state index in [-0.39, 0.29) is 23.6 Å². The minimum atomic E-state index is -1.07. The minimum Gasteiger partial charge on any atom is -0.478 e. The van der Waals surface area contributed by atoms with Crippen LogP contribution in [0.4, 0.5) is 0 Å². The van der Waals surface area contributed by atoms with Crippen LogP contribution in [0.3, 0.4) is 0 Å². The smallest absolute Gasteiger partial charge is 0.337 e. The van der Waals surface area contributed by atoms with Gasteiger partial charge in [-0.2, -0.15) is 0 Å². The summed E-state index contributed by atoms with van der Waals surface area (Å²) in [5.41, 5.74) is 3.20. The lowest BCUT2D eigenvalue weighted by molar-refractivity contribution is 0.0572. The molecule has 3 heterocycles. The normalized spacial score (nSPS) is 21.6. The number of rotatable bonds is 3. The second-order valence-corrected chi connectivity index (χ2v) is 7.89. The summed E-state index contributed by atoms with van der Waals surface area (Å²) in [7, 11) is 0. The Labute approximate surface area is 168 Å². The third-order valence-electron chi connectivity index (χ3n) is 6.23. The van der Waals surface area contributed by atoms with Gasteiger partial charge in [-0.15, -0.1) is 0 Å². The molecule has 1 amide bonds. The topological polar surface area (TPSA) is 88.3 Å². The van der Waals surface area contributed by atoms with Crippen molar-refractivity contribution in [1.29, 1.82) is 0 Å². The second-order valence-electron chi connectivity index (χ2n) is 7.89. The molecule has 0 radical (unpaired) electrons. The Morgan fingerprint density at radius 2 is 1.93 bits per heavy atom. The van der Waals surface area contributed by atoms with E-state index in [2.05, 4.69) is 15.6 Å². The highest BCUT2D eigenvalue weighted by molar-refractivity contribution is 6.00. The largest absolute Gasteiger partial charge is 0.478 e. The van der Waals surface area contributed by atoms with Crippen LogP contribution in [0.25, 0.3) is 11.0 Å².